The van der Waals surface area contributed by atoms with Gasteiger partial charge >= 0.3 is 0 Å². The van der Waals surface area contributed by atoms with Crippen molar-refractivity contribution in [2.75, 3.05) is 38.6 Å². The van der Waals surface area contributed by atoms with Crippen molar-refractivity contribution in [2.45, 2.75) is 13.0 Å². The molecular formula is C17H22N4OS. The fourth-order valence-corrected chi connectivity index (χ4v) is 3.60. The molecule has 0 aromatic carbocycles. The summed E-state index contributed by atoms with van der Waals surface area (Å²) in [7, 11) is 3.86. The monoisotopic (exact) mass is 330 g/mol. The van der Waals surface area contributed by atoms with Crippen LogP contribution in [0.4, 0.5) is 5.82 Å². The third kappa shape index (κ3) is 3.89. The number of fused-ring (bicyclic) bond motifs is 1. The number of thiophene rings is 1. The fraction of sp³-hybridized carbons (Fsp3) is 0.412. The van der Waals surface area contributed by atoms with Crippen LogP contribution in [0.25, 0.3) is 0 Å². The van der Waals surface area contributed by atoms with Gasteiger partial charge in [0.25, 0.3) is 5.91 Å². The van der Waals surface area contributed by atoms with E-state index in [0.717, 1.165) is 31.9 Å². The van der Waals surface area contributed by atoms with Gasteiger partial charge < -0.3 is 10.2 Å². The predicted molar refractivity (Wildman–Crippen MR) is 94.2 cm³/mol. The second kappa shape index (κ2) is 7.10. The van der Waals surface area contributed by atoms with Gasteiger partial charge in [0.1, 0.15) is 5.82 Å². The molecule has 0 bridgehead atoms. The second-order valence-corrected chi connectivity index (χ2v) is 6.95. The summed E-state index contributed by atoms with van der Waals surface area (Å²) < 4.78 is 0. The highest BCUT2D eigenvalue weighted by Crippen LogP contribution is 2.23. The minimum atomic E-state index is -0.0592. The van der Waals surface area contributed by atoms with E-state index in [9.17, 15) is 4.79 Å². The molecule has 0 aliphatic carbocycles. The molecule has 2 aromatic rings. The summed E-state index contributed by atoms with van der Waals surface area (Å²) in [5.74, 6) is 0.789. The molecule has 23 heavy (non-hydrogen) atoms. The third-order valence-corrected chi connectivity index (χ3v) is 5.09. The van der Waals surface area contributed by atoms with Gasteiger partial charge in [-0.25, -0.2) is 4.98 Å². The summed E-state index contributed by atoms with van der Waals surface area (Å²) in [5.41, 5.74) is 2.05. The van der Waals surface area contributed by atoms with E-state index >= 15 is 0 Å². The first kappa shape index (κ1) is 16.0. The lowest BCUT2D eigenvalue weighted by atomic mass is 10.1. The van der Waals surface area contributed by atoms with E-state index < -0.39 is 0 Å². The Labute approximate surface area is 140 Å². The number of hydrogen-bond acceptors (Lipinski definition) is 5. The Morgan fingerprint density at radius 3 is 3.00 bits per heavy atom. The van der Waals surface area contributed by atoms with Crippen LogP contribution in [0, 0.1) is 0 Å². The van der Waals surface area contributed by atoms with Gasteiger partial charge in [0.2, 0.25) is 0 Å². The van der Waals surface area contributed by atoms with Gasteiger partial charge in [0.15, 0.2) is 0 Å². The van der Waals surface area contributed by atoms with Gasteiger partial charge in [-0.15, -0.1) is 11.3 Å². The van der Waals surface area contributed by atoms with Crippen molar-refractivity contribution >= 4 is 23.1 Å². The predicted octanol–water partition coefficient (Wildman–Crippen LogP) is 2.00. The number of anilines is 1. The number of carbonyl (C=O) groups excluding carboxylic acids is 1. The number of nitrogens with zero attached hydrogens (tertiary/aromatic N) is 3. The van der Waals surface area contributed by atoms with Crippen LogP contribution in [0.15, 0.2) is 29.8 Å². The molecule has 3 rings (SSSR count). The maximum absolute atomic E-state index is 12.1. The van der Waals surface area contributed by atoms with Gasteiger partial charge in [0, 0.05) is 51.3 Å². The smallest absolute Gasteiger partial charge is 0.252 e. The molecule has 6 heteroatoms. The van der Waals surface area contributed by atoms with E-state index in [4.69, 9.17) is 0 Å². The van der Waals surface area contributed by atoms with E-state index in [-0.39, 0.29) is 5.91 Å². The lowest BCUT2D eigenvalue weighted by Crippen LogP contribution is -2.37. The highest BCUT2D eigenvalue weighted by molar-refractivity contribution is 7.10. The van der Waals surface area contributed by atoms with Crippen LogP contribution in [0.3, 0.4) is 0 Å². The quantitative estimate of drug-likeness (QED) is 0.911. The first-order valence-electron chi connectivity index (χ1n) is 7.82. The molecule has 0 radical (unpaired) electrons. The summed E-state index contributed by atoms with van der Waals surface area (Å²) in [6.45, 7) is 3.61. The maximum Gasteiger partial charge on any atom is 0.252 e. The molecule has 122 valence electrons. The van der Waals surface area contributed by atoms with Crippen molar-refractivity contribution < 1.29 is 4.79 Å². The maximum atomic E-state index is 12.1. The molecule has 0 saturated carbocycles. The number of aromatic nitrogens is 1. The fourth-order valence-electron chi connectivity index (χ4n) is 2.71. The van der Waals surface area contributed by atoms with Crippen LogP contribution in [0.2, 0.25) is 0 Å². The first-order chi connectivity index (χ1) is 11.1. The number of rotatable bonds is 5. The summed E-state index contributed by atoms with van der Waals surface area (Å²) in [6, 6.07) is 5.89. The van der Waals surface area contributed by atoms with Crippen molar-refractivity contribution in [2.24, 2.45) is 0 Å². The summed E-state index contributed by atoms with van der Waals surface area (Å²) >= 11 is 1.85. The molecule has 3 heterocycles. The van der Waals surface area contributed by atoms with Crippen LogP contribution in [0.5, 0.6) is 0 Å². The summed E-state index contributed by atoms with van der Waals surface area (Å²) in [6.07, 6.45) is 2.75. The number of amides is 1. The molecule has 1 aliphatic heterocycles. The molecule has 0 atom stereocenters. The average Bonchev–Trinajstić information content (AvgIpc) is 3.02. The Kier molecular flexibility index (Phi) is 4.93. The van der Waals surface area contributed by atoms with E-state index in [2.05, 4.69) is 26.6 Å². The van der Waals surface area contributed by atoms with Crippen molar-refractivity contribution in [3.8, 4) is 0 Å². The molecule has 1 aliphatic rings. The minimum absolute atomic E-state index is 0.0592. The zero-order valence-electron chi connectivity index (χ0n) is 13.6. The Morgan fingerprint density at radius 2 is 2.26 bits per heavy atom. The number of pyridine rings is 1. The summed E-state index contributed by atoms with van der Waals surface area (Å²) in [4.78, 5) is 22.2. The van der Waals surface area contributed by atoms with Crippen LogP contribution >= 0.6 is 11.3 Å². The SMILES string of the molecule is CN(C)c1ccc(C(=O)NCCN2CCc3sccc3C2)cn1. The Bertz CT molecular complexity index is 665. The van der Waals surface area contributed by atoms with E-state index in [1.165, 1.54) is 10.4 Å². The Morgan fingerprint density at radius 1 is 1.39 bits per heavy atom. The highest BCUT2D eigenvalue weighted by atomic mass is 32.1. The third-order valence-electron chi connectivity index (χ3n) is 4.07. The Hall–Kier alpha value is -1.92. The first-order valence-corrected chi connectivity index (χ1v) is 8.70. The van der Waals surface area contributed by atoms with Crippen molar-refractivity contribution in [3.63, 3.8) is 0 Å². The van der Waals surface area contributed by atoms with E-state index in [1.54, 1.807) is 6.20 Å². The van der Waals surface area contributed by atoms with E-state index in [1.807, 2.05) is 42.5 Å². The Balaban J connectivity index is 1.46. The number of nitrogens with one attached hydrogen (secondary N) is 1. The van der Waals surface area contributed by atoms with Gasteiger partial charge in [-0.05, 0) is 35.6 Å². The topological polar surface area (TPSA) is 48.5 Å². The highest BCUT2D eigenvalue weighted by Gasteiger charge is 2.16. The zero-order chi connectivity index (χ0) is 16.2. The van der Waals surface area contributed by atoms with Crippen molar-refractivity contribution in [1.29, 1.82) is 0 Å². The molecule has 0 saturated heterocycles. The van der Waals surface area contributed by atoms with Crippen LogP contribution in [-0.4, -0.2) is 49.5 Å². The van der Waals surface area contributed by atoms with Crippen LogP contribution in [-0.2, 0) is 13.0 Å². The summed E-state index contributed by atoms with van der Waals surface area (Å²) in [5, 5.41) is 5.15. The standard InChI is InChI=1S/C17H22N4OS/c1-20(2)16-4-3-13(11-19-16)17(22)18-7-9-21-8-5-15-14(12-21)6-10-23-15/h3-4,6,10-11H,5,7-9,12H2,1-2H3,(H,18,22). The molecule has 0 unspecified atom stereocenters. The van der Waals surface area contributed by atoms with Gasteiger partial charge in [-0.3, -0.25) is 9.69 Å². The number of carbonyl (C=O) groups is 1. The zero-order valence-corrected chi connectivity index (χ0v) is 14.4. The van der Waals surface area contributed by atoms with Gasteiger partial charge in [-0.1, -0.05) is 0 Å². The van der Waals surface area contributed by atoms with Gasteiger partial charge in [0.05, 0.1) is 5.56 Å². The molecule has 0 fully saturated rings. The van der Waals surface area contributed by atoms with Crippen molar-refractivity contribution in [3.05, 3.63) is 45.8 Å². The largest absolute Gasteiger partial charge is 0.363 e. The van der Waals surface area contributed by atoms with E-state index in [0.29, 0.717) is 12.1 Å². The van der Waals surface area contributed by atoms with Crippen molar-refractivity contribution in [1.82, 2.24) is 15.2 Å². The normalized spacial score (nSPS) is 14.3. The number of hydrogen-bond donors (Lipinski definition) is 1. The minimum Gasteiger partial charge on any atom is -0.363 e. The second-order valence-electron chi connectivity index (χ2n) is 5.95. The molecule has 1 amide bonds. The molecule has 2 aromatic heterocycles. The van der Waals surface area contributed by atoms with Crippen LogP contribution in [0.1, 0.15) is 20.8 Å². The average molecular weight is 330 g/mol. The lowest BCUT2D eigenvalue weighted by molar-refractivity contribution is 0.0947. The lowest BCUT2D eigenvalue weighted by Gasteiger charge is -2.26. The van der Waals surface area contributed by atoms with Gasteiger partial charge in [-0.2, -0.15) is 0 Å². The molecular weight excluding hydrogens is 308 g/mol. The van der Waals surface area contributed by atoms with Crippen LogP contribution < -0.4 is 10.2 Å². The molecule has 1 N–H and O–H groups in total. The molecule has 0 spiro atoms. The molecule has 5 nitrogen and oxygen atoms in total.